The fourth-order valence-corrected chi connectivity index (χ4v) is 1.32. The monoisotopic (exact) mass is 288 g/mol. The lowest BCUT2D eigenvalue weighted by molar-refractivity contribution is 0.965. The number of rotatable bonds is 3. The summed E-state index contributed by atoms with van der Waals surface area (Å²) in [5.41, 5.74) is 0. The summed E-state index contributed by atoms with van der Waals surface area (Å²) in [6.07, 6.45) is 0. The van der Waals surface area contributed by atoms with Crippen LogP contribution in [0.3, 0.4) is 0 Å². The maximum atomic E-state index is 4.27. The summed E-state index contributed by atoms with van der Waals surface area (Å²) in [4.78, 5) is 4.27. The molecule has 11 heavy (non-hydrogen) atoms. The Morgan fingerprint density at radius 3 is 2.36 bits per heavy atom. The molecule has 0 aliphatic heterocycles. The van der Waals surface area contributed by atoms with Crippen LogP contribution >= 0.6 is 35.7 Å². The Morgan fingerprint density at radius 2 is 2.00 bits per heavy atom. The lowest BCUT2D eigenvalue weighted by atomic mass is 10.7. The van der Waals surface area contributed by atoms with Crippen molar-refractivity contribution < 1.29 is 0 Å². The molecule has 2 nitrogen and oxygen atoms in total. The van der Waals surface area contributed by atoms with E-state index < -0.39 is 0 Å². The highest BCUT2D eigenvalue weighted by atomic mass is 127. The molecule has 1 N–H and O–H groups in total. The van der Waals surface area contributed by atoms with E-state index in [1.54, 1.807) is 11.8 Å². The van der Waals surface area contributed by atoms with Gasteiger partial charge in [0.2, 0.25) is 0 Å². The fourth-order valence-electron chi connectivity index (χ4n) is 0.584. The van der Waals surface area contributed by atoms with Crippen molar-refractivity contribution in [1.82, 2.24) is 5.32 Å². The predicted molar refractivity (Wildman–Crippen MR) is 65.2 cm³/mol. The molecule has 0 saturated carbocycles. The second-order valence-electron chi connectivity index (χ2n) is 1.74. The average molecular weight is 288 g/mol. The van der Waals surface area contributed by atoms with E-state index in [0.29, 0.717) is 0 Å². The molecular formula is C7H17IN2S. The van der Waals surface area contributed by atoms with Crippen molar-refractivity contribution in [3.8, 4) is 0 Å². The Kier molecular flexibility index (Phi) is 13.5. The summed E-state index contributed by atoms with van der Waals surface area (Å²) in [5.74, 6) is 1.09. The van der Waals surface area contributed by atoms with Crippen LogP contribution in [0.4, 0.5) is 0 Å². The van der Waals surface area contributed by atoms with Gasteiger partial charge in [0.05, 0.1) is 0 Å². The van der Waals surface area contributed by atoms with Gasteiger partial charge in [-0.05, 0) is 19.6 Å². The lowest BCUT2D eigenvalue weighted by Gasteiger charge is -2.03. The van der Waals surface area contributed by atoms with Crippen molar-refractivity contribution in [3.05, 3.63) is 0 Å². The molecule has 0 fully saturated rings. The molecule has 0 unspecified atom stereocenters. The molecule has 68 valence electrons. The van der Waals surface area contributed by atoms with E-state index in [2.05, 4.69) is 24.2 Å². The quantitative estimate of drug-likeness (QED) is 0.490. The third-order valence-corrected chi connectivity index (χ3v) is 1.75. The number of nitrogens with zero attached hydrogens (tertiary/aromatic N) is 1. The van der Waals surface area contributed by atoms with E-state index in [1.807, 2.05) is 6.92 Å². The molecule has 0 aromatic carbocycles. The molecule has 0 rings (SSSR count). The number of halogens is 1. The molecule has 0 aliphatic carbocycles. The van der Waals surface area contributed by atoms with E-state index in [4.69, 9.17) is 0 Å². The average Bonchev–Trinajstić information content (AvgIpc) is 1.90. The topological polar surface area (TPSA) is 24.4 Å². The Balaban J connectivity index is 0. The van der Waals surface area contributed by atoms with Gasteiger partial charge in [-0.1, -0.05) is 18.7 Å². The van der Waals surface area contributed by atoms with Gasteiger partial charge in [-0.3, -0.25) is 4.99 Å². The van der Waals surface area contributed by atoms with Gasteiger partial charge in [0, 0.05) is 13.1 Å². The van der Waals surface area contributed by atoms with Crippen LogP contribution in [0.25, 0.3) is 0 Å². The molecule has 4 heteroatoms. The lowest BCUT2D eigenvalue weighted by Crippen LogP contribution is -2.20. The highest BCUT2D eigenvalue weighted by molar-refractivity contribution is 14.0. The van der Waals surface area contributed by atoms with Crippen LogP contribution in [0.15, 0.2) is 4.99 Å². The number of thioether (sulfide) groups is 1. The maximum Gasteiger partial charge on any atom is 0.156 e. The fraction of sp³-hybridized carbons (Fsp3) is 0.857. The van der Waals surface area contributed by atoms with Gasteiger partial charge in [0.1, 0.15) is 0 Å². The van der Waals surface area contributed by atoms with Crippen LogP contribution < -0.4 is 5.32 Å². The molecule has 0 bridgehead atoms. The van der Waals surface area contributed by atoms with Crippen molar-refractivity contribution >= 4 is 40.9 Å². The van der Waals surface area contributed by atoms with E-state index in [0.717, 1.165) is 24.0 Å². The van der Waals surface area contributed by atoms with Gasteiger partial charge in [-0.25, -0.2) is 0 Å². The van der Waals surface area contributed by atoms with Crippen LogP contribution in [0.1, 0.15) is 20.8 Å². The molecule has 0 spiro atoms. The van der Waals surface area contributed by atoms with Crippen LogP contribution in [0.5, 0.6) is 0 Å². The van der Waals surface area contributed by atoms with E-state index in [1.165, 1.54) is 0 Å². The van der Waals surface area contributed by atoms with Crippen LogP contribution in [0, 0.1) is 0 Å². The zero-order valence-corrected chi connectivity index (χ0v) is 10.5. The van der Waals surface area contributed by atoms with Crippen LogP contribution in [0.2, 0.25) is 0 Å². The first-order valence-electron chi connectivity index (χ1n) is 3.76. The number of nitrogens with one attached hydrogen (secondary N) is 1. The van der Waals surface area contributed by atoms with Crippen molar-refractivity contribution in [2.24, 2.45) is 4.99 Å². The molecule has 0 radical (unpaired) electrons. The first kappa shape index (κ1) is 14.1. The van der Waals surface area contributed by atoms with Crippen LogP contribution in [-0.4, -0.2) is 24.0 Å². The smallest absolute Gasteiger partial charge is 0.156 e. The summed E-state index contributed by atoms with van der Waals surface area (Å²) in [7, 11) is 0. The minimum absolute atomic E-state index is 0. The SMILES string of the molecule is CCN=C(NCC)SCC.I. The second kappa shape index (κ2) is 10.6. The zero-order chi connectivity index (χ0) is 7.82. The summed E-state index contributed by atoms with van der Waals surface area (Å²) < 4.78 is 0. The van der Waals surface area contributed by atoms with Gasteiger partial charge in [-0.2, -0.15) is 0 Å². The minimum Gasteiger partial charge on any atom is -0.365 e. The van der Waals surface area contributed by atoms with Gasteiger partial charge in [-0.15, -0.1) is 24.0 Å². The van der Waals surface area contributed by atoms with Gasteiger partial charge < -0.3 is 5.32 Å². The third kappa shape index (κ3) is 8.46. The molecular weight excluding hydrogens is 271 g/mol. The first-order chi connectivity index (χ1) is 4.85. The van der Waals surface area contributed by atoms with E-state index >= 15 is 0 Å². The maximum absolute atomic E-state index is 4.27. The van der Waals surface area contributed by atoms with Gasteiger partial charge in [0.15, 0.2) is 5.17 Å². The summed E-state index contributed by atoms with van der Waals surface area (Å²) >= 11 is 1.76. The van der Waals surface area contributed by atoms with Gasteiger partial charge >= 0.3 is 0 Å². The molecule has 0 aliphatic rings. The Bertz CT molecular complexity index is 98.6. The number of aliphatic imine (C=N–C) groups is 1. The Hall–Kier alpha value is 0.550. The zero-order valence-electron chi connectivity index (χ0n) is 7.39. The summed E-state index contributed by atoms with van der Waals surface area (Å²) in [6.45, 7) is 8.10. The number of hydrogen-bond acceptors (Lipinski definition) is 2. The number of amidine groups is 1. The Labute approximate surface area is 90.6 Å². The minimum atomic E-state index is 0. The summed E-state index contributed by atoms with van der Waals surface area (Å²) in [6, 6.07) is 0. The molecule has 0 aromatic heterocycles. The normalized spacial score (nSPS) is 10.6. The molecule has 0 atom stereocenters. The molecule has 0 amide bonds. The predicted octanol–water partition coefficient (Wildman–Crippen LogP) is 2.34. The van der Waals surface area contributed by atoms with E-state index in [-0.39, 0.29) is 24.0 Å². The third-order valence-electron chi connectivity index (χ3n) is 0.911. The Morgan fingerprint density at radius 1 is 1.36 bits per heavy atom. The second-order valence-corrected chi connectivity index (χ2v) is 3.00. The highest BCUT2D eigenvalue weighted by Gasteiger charge is 1.92. The van der Waals surface area contributed by atoms with Crippen molar-refractivity contribution in [3.63, 3.8) is 0 Å². The standard InChI is InChI=1S/C7H16N2S.HI/c1-4-8-7(9-5-2)10-6-3;/h4-6H2,1-3H3,(H,8,9);1H. The van der Waals surface area contributed by atoms with E-state index in [9.17, 15) is 0 Å². The molecule has 0 saturated heterocycles. The van der Waals surface area contributed by atoms with Crippen molar-refractivity contribution in [2.45, 2.75) is 20.8 Å². The molecule has 0 heterocycles. The van der Waals surface area contributed by atoms with Crippen LogP contribution in [-0.2, 0) is 0 Å². The van der Waals surface area contributed by atoms with Gasteiger partial charge in [0.25, 0.3) is 0 Å². The van der Waals surface area contributed by atoms with Crippen molar-refractivity contribution in [1.29, 1.82) is 0 Å². The highest BCUT2D eigenvalue weighted by Crippen LogP contribution is 1.99. The van der Waals surface area contributed by atoms with Crippen molar-refractivity contribution in [2.75, 3.05) is 18.8 Å². The largest absolute Gasteiger partial charge is 0.365 e. The summed E-state index contributed by atoms with van der Waals surface area (Å²) in [5, 5.41) is 4.27. The number of hydrogen-bond donors (Lipinski definition) is 1. The molecule has 0 aromatic rings. The first-order valence-corrected chi connectivity index (χ1v) is 4.74.